The summed E-state index contributed by atoms with van der Waals surface area (Å²) < 4.78 is 0. The molecule has 0 saturated carbocycles. The molecule has 0 aliphatic carbocycles. The van der Waals surface area contributed by atoms with E-state index < -0.39 is 0 Å². The second kappa shape index (κ2) is 6.14. The molecule has 0 aromatic carbocycles. The summed E-state index contributed by atoms with van der Waals surface area (Å²) in [5.74, 6) is -0.124. The molecule has 1 saturated heterocycles. The van der Waals surface area contributed by atoms with Crippen LogP contribution in [0, 0.1) is 0 Å². The fourth-order valence-electron chi connectivity index (χ4n) is 1.75. The van der Waals surface area contributed by atoms with Gasteiger partial charge in [-0.15, -0.1) is 12.4 Å². The van der Waals surface area contributed by atoms with Gasteiger partial charge in [0.15, 0.2) is 0 Å². The second-order valence-electron chi connectivity index (χ2n) is 3.77. The Kier molecular flexibility index (Phi) is 5.11. The highest BCUT2D eigenvalue weighted by molar-refractivity contribution is 6.33. The summed E-state index contributed by atoms with van der Waals surface area (Å²) in [6, 6.07) is 0.160. The molecule has 1 atom stereocenters. The molecule has 0 bridgehead atoms. The predicted octanol–water partition coefficient (Wildman–Crippen LogP) is 0.986. The van der Waals surface area contributed by atoms with Crippen LogP contribution in [0.15, 0.2) is 12.5 Å². The number of halogens is 2. The maximum absolute atomic E-state index is 12.2. The minimum absolute atomic E-state index is 0. The standard InChI is InChI=1S/C10H13ClN4O.ClH/c1-7-4-12-2-3-15(7)10(16)9-8(11)5-13-6-14-9;/h5-7,12H,2-4H2,1H3;1H/t7-;/m0./s1. The number of aromatic nitrogens is 2. The van der Waals surface area contributed by atoms with Gasteiger partial charge in [-0.25, -0.2) is 9.97 Å². The normalized spacial score (nSPS) is 19.6. The maximum atomic E-state index is 12.2. The van der Waals surface area contributed by atoms with E-state index in [9.17, 15) is 4.79 Å². The molecule has 0 radical (unpaired) electrons. The van der Waals surface area contributed by atoms with Crippen LogP contribution in [-0.2, 0) is 0 Å². The Balaban J connectivity index is 0.00000144. The van der Waals surface area contributed by atoms with Crippen LogP contribution in [0.5, 0.6) is 0 Å². The number of carbonyl (C=O) groups excluding carboxylic acids is 1. The zero-order chi connectivity index (χ0) is 11.5. The lowest BCUT2D eigenvalue weighted by molar-refractivity contribution is 0.0649. The largest absolute Gasteiger partial charge is 0.332 e. The Hall–Kier alpha value is -0.910. The van der Waals surface area contributed by atoms with Gasteiger partial charge in [-0.2, -0.15) is 0 Å². The number of hydrogen-bond donors (Lipinski definition) is 1. The van der Waals surface area contributed by atoms with Crippen LogP contribution < -0.4 is 5.32 Å². The number of piperazine rings is 1. The van der Waals surface area contributed by atoms with Crippen molar-refractivity contribution in [2.24, 2.45) is 0 Å². The van der Waals surface area contributed by atoms with Crippen molar-refractivity contribution in [3.05, 3.63) is 23.2 Å². The zero-order valence-corrected chi connectivity index (χ0v) is 11.0. The first-order valence-electron chi connectivity index (χ1n) is 5.17. The van der Waals surface area contributed by atoms with Crippen LogP contribution in [0.2, 0.25) is 5.02 Å². The molecular formula is C10H14Cl2N4O. The van der Waals surface area contributed by atoms with E-state index in [1.165, 1.54) is 12.5 Å². The van der Waals surface area contributed by atoms with E-state index in [4.69, 9.17) is 11.6 Å². The van der Waals surface area contributed by atoms with Crippen molar-refractivity contribution in [1.82, 2.24) is 20.2 Å². The molecule has 5 nitrogen and oxygen atoms in total. The fourth-order valence-corrected chi connectivity index (χ4v) is 1.93. The Morgan fingerprint density at radius 3 is 3.06 bits per heavy atom. The van der Waals surface area contributed by atoms with Crippen molar-refractivity contribution in [2.75, 3.05) is 19.6 Å². The van der Waals surface area contributed by atoms with E-state index in [0.29, 0.717) is 11.6 Å². The number of rotatable bonds is 1. The lowest BCUT2D eigenvalue weighted by Crippen LogP contribution is -2.52. The van der Waals surface area contributed by atoms with E-state index in [1.807, 2.05) is 6.92 Å². The van der Waals surface area contributed by atoms with Crippen molar-refractivity contribution in [2.45, 2.75) is 13.0 Å². The lowest BCUT2D eigenvalue weighted by atomic mass is 10.2. The molecule has 1 N–H and O–H groups in total. The molecule has 1 aromatic heterocycles. The van der Waals surface area contributed by atoms with Crippen LogP contribution in [-0.4, -0.2) is 46.5 Å². The van der Waals surface area contributed by atoms with Gasteiger partial charge in [-0.3, -0.25) is 4.79 Å². The van der Waals surface area contributed by atoms with Crippen molar-refractivity contribution in [3.63, 3.8) is 0 Å². The SMILES string of the molecule is C[C@H]1CNCCN1C(=O)c1ncncc1Cl.Cl. The lowest BCUT2D eigenvalue weighted by Gasteiger charge is -2.33. The third-order valence-electron chi connectivity index (χ3n) is 2.63. The highest BCUT2D eigenvalue weighted by Crippen LogP contribution is 2.15. The highest BCUT2D eigenvalue weighted by atomic mass is 35.5. The quantitative estimate of drug-likeness (QED) is 0.831. The van der Waals surface area contributed by atoms with Crippen molar-refractivity contribution in [3.8, 4) is 0 Å². The first-order valence-corrected chi connectivity index (χ1v) is 5.55. The van der Waals surface area contributed by atoms with Crippen LogP contribution in [0.1, 0.15) is 17.4 Å². The zero-order valence-electron chi connectivity index (χ0n) is 9.39. The van der Waals surface area contributed by atoms with Gasteiger partial charge in [0.25, 0.3) is 5.91 Å². The van der Waals surface area contributed by atoms with E-state index in [2.05, 4.69) is 15.3 Å². The number of amides is 1. The molecule has 17 heavy (non-hydrogen) atoms. The number of nitrogens with one attached hydrogen (secondary N) is 1. The second-order valence-corrected chi connectivity index (χ2v) is 4.18. The Labute approximate surface area is 111 Å². The Morgan fingerprint density at radius 2 is 2.41 bits per heavy atom. The molecule has 2 heterocycles. The van der Waals surface area contributed by atoms with Crippen molar-refractivity contribution >= 4 is 29.9 Å². The molecule has 0 spiro atoms. The van der Waals surface area contributed by atoms with Gasteiger partial charge in [-0.1, -0.05) is 11.6 Å². The molecule has 1 amide bonds. The molecule has 1 fully saturated rings. The molecule has 1 aromatic rings. The summed E-state index contributed by atoms with van der Waals surface area (Å²) in [6.45, 7) is 4.28. The van der Waals surface area contributed by atoms with E-state index in [0.717, 1.165) is 13.1 Å². The highest BCUT2D eigenvalue weighted by Gasteiger charge is 2.26. The van der Waals surface area contributed by atoms with Gasteiger partial charge in [-0.05, 0) is 6.92 Å². The Bertz CT molecular complexity index is 402. The molecule has 1 aliphatic rings. The summed E-state index contributed by atoms with van der Waals surface area (Å²) in [6.07, 6.45) is 2.78. The first kappa shape index (κ1) is 14.2. The first-order chi connectivity index (χ1) is 7.70. The summed E-state index contributed by atoms with van der Waals surface area (Å²) in [4.78, 5) is 21.6. The molecule has 0 unspecified atom stereocenters. The van der Waals surface area contributed by atoms with Crippen molar-refractivity contribution < 1.29 is 4.79 Å². The third kappa shape index (κ3) is 3.06. The Morgan fingerprint density at radius 1 is 1.65 bits per heavy atom. The van der Waals surface area contributed by atoms with Gasteiger partial charge in [0.05, 0.1) is 5.02 Å². The van der Waals surface area contributed by atoms with E-state index in [-0.39, 0.29) is 30.0 Å². The van der Waals surface area contributed by atoms with Crippen LogP contribution in [0.25, 0.3) is 0 Å². The monoisotopic (exact) mass is 276 g/mol. The van der Waals surface area contributed by atoms with Gasteiger partial charge in [0, 0.05) is 31.9 Å². The molecule has 94 valence electrons. The van der Waals surface area contributed by atoms with Gasteiger partial charge >= 0.3 is 0 Å². The molecular weight excluding hydrogens is 263 g/mol. The van der Waals surface area contributed by atoms with Gasteiger partial charge in [0.1, 0.15) is 12.0 Å². The van der Waals surface area contributed by atoms with E-state index in [1.54, 1.807) is 4.90 Å². The van der Waals surface area contributed by atoms with Crippen LogP contribution in [0.3, 0.4) is 0 Å². The number of hydrogen-bond acceptors (Lipinski definition) is 4. The topological polar surface area (TPSA) is 58.1 Å². The average Bonchev–Trinajstić information content (AvgIpc) is 2.29. The minimum atomic E-state index is -0.124. The predicted molar refractivity (Wildman–Crippen MR) is 67.7 cm³/mol. The number of carbonyl (C=O) groups is 1. The molecule has 2 rings (SSSR count). The minimum Gasteiger partial charge on any atom is -0.332 e. The smallest absolute Gasteiger partial charge is 0.274 e. The fraction of sp³-hybridized carbons (Fsp3) is 0.500. The third-order valence-corrected chi connectivity index (χ3v) is 2.91. The summed E-state index contributed by atoms with van der Waals surface area (Å²) in [5.41, 5.74) is 0.283. The number of nitrogens with zero attached hydrogens (tertiary/aromatic N) is 3. The van der Waals surface area contributed by atoms with E-state index >= 15 is 0 Å². The summed E-state index contributed by atoms with van der Waals surface area (Å²) in [5, 5.41) is 3.53. The van der Waals surface area contributed by atoms with Gasteiger partial charge < -0.3 is 10.2 Å². The van der Waals surface area contributed by atoms with Crippen LogP contribution in [0.4, 0.5) is 0 Å². The van der Waals surface area contributed by atoms with Crippen LogP contribution >= 0.6 is 24.0 Å². The summed E-state index contributed by atoms with van der Waals surface area (Å²) >= 11 is 5.90. The van der Waals surface area contributed by atoms with Crippen molar-refractivity contribution in [1.29, 1.82) is 0 Å². The molecule has 7 heteroatoms. The maximum Gasteiger partial charge on any atom is 0.274 e. The molecule has 1 aliphatic heterocycles. The average molecular weight is 277 g/mol. The summed E-state index contributed by atoms with van der Waals surface area (Å²) in [7, 11) is 0. The van der Waals surface area contributed by atoms with Gasteiger partial charge in [0.2, 0.25) is 0 Å².